The van der Waals surface area contributed by atoms with E-state index in [1.807, 2.05) is 26.0 Å². The zero-order valence-corrected chi connectivity index (χ0v) is 16.4. The van der Waals surface area contributed by atoms with Crippen LogP contribution < -0.4 is 10.6 Å². The van der Waals surface area contributed by atoms with E-state index in [-0.39, 0.29) is 23.6 Å². The molecular formula is C20H29N3O4. The van der Waals surface area contributed by atoms with Crippen molar-refractivity contribution in [3.63, 3.8) is 0 Å². The second-order valence-electron chi connectivity index (χ2n) is 6.67. The van der Waals surface area contributed by atoms with Gasteiger partial charge in [0.25, 0.3) is 5.91 Å². The number of hydrogen-bond acceptors (Lipinski definition) is 5. The summed E-state index contributed by atoms with van der Waals surface area (Å²) in [5.41, 5.74) is 0. The molecule has 0 aliphatic rings. The van der Waals surface area contributed by atoms with E-state index >= 15 is 0 Å². The van der Waals surface area contributed by atoms with E-state index in [9.17, 15) is 9.59 Å². The van der Waals surface area contributed by atoms with Gasteiger partial charge in [-0.2, -0.15) is 0 Å². The van der Waals surface area contributed by atoms with E-state index in [0.717, 1.165) is 18.8 Å². The Labute approximate surface area is 160 Å². The fourth-order valence-electron chi connectivity index (χ4n) is 3.02. The summed E-state index contributed by atoms with van der Waals surface area (Å²) >= 11 is 0. The third-order valence-electron chi connectivity index (χ3n) is 4.58. The van der Waals surface area contributed by atoms with Crippen LogP contribution in [0.15, 0.2) is 45.6 Å². The maximum atomic E-state index is 12.8. The molecule has 0 aliphatic carbocycles. The lowest BCUT2D eigenvalue weighted by Gasteiger charge is -2.29. The highest BCUT2D eigenvalue weighted by atomic mass is 16.3. The molecular weight excluding hydrogens is 346 g/mol. The topological polar surface area (TPSA) is 87.7 Å². The van der Waals surface area contributed by atoms with Crippen LogP contribution in [0.5, 0.6) is 0 Å². The van der Waals surface area contributed by atoms with Gasteiger partial charge in [0, 0.05) is 6.54 Å². The number of likely N-dealkylation sites (N-methyl/N-ethyl adjacent to an activating group) is 1. The third-order valence-corrected chi connectivity index (χ3v) is 4.58. The highest BCUT2D eigenvalue weighted by Crippen LogP contribution is 2.20. The van der Waals surface area contributed by atoms with Crippen molar-refractivity contribution >= 4 is 11.8 Å². The van der Waals surface area contributed by atoms with Crippen LogP contribution in [0.2, 0.25) is 0 Å². The van der Waals surface area contributed by atoms with E-state index < -0.39 is 11.9 Å². The average Bonchev–Trinajstić information content (AvgIpc) is 3.36. The molecule has 2 heterocycles. The molecule has 2 atom stereocenters. The van der Waals surface area contributed by atoms with Gasteiger partial charge in [0.1, 0.15) is 11.8 Å². The van der Waals surface area contributed by atoms with Crippen LogP contribution in [0.1, 0.15) is 50.1 Å². The van der Waals surface area contributed by atoms with Crippen molar-refractivity contribution in [3.05, 3.63) is 48.3 Å². The van der Waals surface area contributed by atoms with Crippen molar-refractivity contribution in [1.82, 2.24) is 15.5 Å². The van der Waals surface area contributed by atoms with Crippen molar-refractivity contribution in [3.8, 4) is 0 Å². The summed E-state index contributed by atoms with van der Waals surface area (Å²) in [6.45, 7) is 9.99. The van der Waals surface area contributed by atoms with Crippen molar-refractivity contribution in [2.24, 2.45) is 5.92 Å². The monoisotopic (exact) mass is 375 g/mol. The average molecular weight is 375 g/mol. The van der Waals surface area contributed by atoms with Gasteiger partial charge >= 0.3 is 0 Å². The summed E-state index contributed by atoms with van der Waals surface area (Å²) in [4.78, 5) is 27.2. The molecule has 2 amide bonds. The Balaban J connectivity index is 2.03. The molecule has 2 N–H and O–H groups in total. The molecule has 2 unspecified atom stereocenters. The SMILES string of the molecule is CCN(CC)C(CNC(=O)C(NC(=O)c1ccco1)C(C)C)c1ccco1. The minimum Gasteiger partial charge on any atom is -0.468 e. The fourth-order valence-corrected chi connectivity index (χ4v) is 3.02. The predicted molar refractivity (Wildman–Crippen MR) is 102 cm³/mol. The lowest BCUT2D eigenvalue weighted by molar-refractivity contribution is -0.124. The van der Waals surface area contributed by atoms with E-state index in [0.29, 0.717) is 6.54 Å². The summed E-state index contributed by atoms with van der Waals surface area (Å²) < 4.78 is 10.7. The smallest absolute Gasteiger partial charge is 0.287 e. The Morgan fingerprint density at radius 3 is 2.26 bits per heavy atom. The standard InChI is InChI=1S/C20H29N3O4/c1-5-23(6-2)15(16-9-7-11-26-16)13-21-20(25)18(14(3)4)22-19(24)17-10-8-12-27-17/h7-12,14-15,18H,5-6,13H2,1-4H3,(H,21,25)(H,22,24). The molecule has 0 radical (unpaired) electrons. The first-order chi connectivity index (χ1) is 13.0. The maximum absolute atomic E-state index is 12.8. The van der Waals surface area contributed by atoms with Crippen LogP contribution in [0.25, 0.3) is 0 Å². The van der Waals surface area contributed by atoms with Crippen LogP contribution >= 0.6 is 0 Å². The van der Waals surface area contributed by atoms with Gasteiger partial charge in [-0.25, -0.2) is 0 Å². The summed E-state index contributed by atoms with van der Waals surface area (Å²) in [6.07, 6.45) is 3.06. The number of carbonyl (C=O) groups excluding carboxylic acids is 2. The number of nitrogens with one attached hydrogen (secondary N) is 2. The lowest BCUT2D eigenvalue weighted by Crippen LogP contribution is -2.51. The van der Waals surface area contributed by atoms with E-state index in [4.69, 9.17) is 8.83 Å². The van der Waals surface area contributed by atoms with E-state index in [1.165, 1.54) is 6.26 Å². The van der Waals surface area contributed by atoms with Crippen molar-refractivity contribution in [1.29, 1.82) is 0 Å². The van der Waals surface area contributed by atoms with Crippen LogP contribution in [0, 0.1) is 5.92 Å². The molecule has 148 valence electrons. The molecule has 2 aromatic rings. The molecule has 7 nitrogen and oxygen atoms in total. The van der Waals surface area contributed by atoms with Crippen molar-refractivity contribution in [2.75, 3.05) is 19.6 Å². The molecule has 0 saturated carbocycles. The fraction of sp³-hybridized carbons (Fsp3) is 0.500. The molecule has 0 bridgehead atoms. The van der Waals surface area contributed by atoms with Crippen LogP contribution in [-0.2, 0) is 4.79 Å². The van der Waals surface area contributed by atoms with Crippen LogP contribution in [0.4, 0.5) is 0 Å². The van der Waals surface area contributed by atoms with Crippen molar-refractivity contribution < 1.29 is 18.4 Å². The minimum absolute atomic E-state index is 0.0625. The van der Waals surface area contributed by atoms with Gasteiger partial charge in [0.05, 0.1) is 18.6 Å². The first-order valence-corrected chi connectivity index (χ1v) is 9.37. The number of amides is 2. The van der Waals surface area contributed by atoms with Crippen LogP contribution in [0.3, 0.4) is 0 Å². The van der Waals surface area contributed by atoms with E-state index in [2.05, 4.69) is 29.4 Å². The van der Waals surface area contributed by atoms with Gasteiger partial charge in [0.2, 0.25) is 5.91 Å². The van der Waals surface area contributed by atoms with Gasteiger partial charge in [-0.1, -0.05) is 27.7 Å². The number of furan rings is 2. The predicted octanol–water partition coefficient (Wildman–Crippen LogP) is 2.83. The normalized spacial score (nSPS) is 13.6. The number of hydrogen-bond donors (Lipinski definition) is 2. The number of rotatable bonds is 10. The second-order valence-corrected chi connectivity index (χ2v) is 6.67. The molecule has 2 rings (SSSR count). The Morgan fingerprint density at radius 2 is 1.74 bits per heavy atom. The Morgan fingerprint density at radius 1 is 1.07 bits per heavy atom. The summed E-state index contributed by atoms with van der Waals surface area (Å²) in [6, 6.07) is 6.24. The third kappa shape index (κ3) is 5.47. The Hall–Kier alpha value is -2.54. The number of nitrogens with zero attached hydrogens (tertiary/aromatic N) is 1. The molecule has 0 aromatic carbocycles. The molecule has 2 aromatic heterocycles. The van der Waals surface area contributed by atoms with Crippen molar-refractivity contribution in [2.45, 2.75) is 39.8 Å². The largest absolute Gasteiger partial charge is 0.468 e. The first kappa shape index (κ1) is 20.8. The molecule has 0 fully saturated rings. The van der Waals surface area contributed by atoms with E-state index in [1.54, 1.807) is 18.4 Å². The Bertz CT molecular complexity index is 691. The summed E-state index contributed by atoms with van der Waals surface area (Å²) in [5.74, 6) is 0.290. The summed E-state index contributed by atoms with van der Waals surface area (Å²) in [5, 5.41) is 5.72. The van der Waals surface area contributed by atoms with Gasteiger partial charge in [-0.05, 0) is 43.3 Å². The Kier molecular flexibility index (Phi) is 7.67. The quantitative estimate of drug-likeness (QED) is 0.667. The van der Waals surface area contributed by atoms with Gasteiger partial charge in [0.15, 0.2) is 5.76 Å². The van der Waals surface area contributed by atoms with Crippen LogP contribution in [-0.4, -0.2) is 42.4 Å². The zero-order chi connectivity index (χ0) is 19.8. The highest BCUT2D eigenvalue weighted by Gasteiger charge is 2.27. The molecule has 0 spiro atoms. The first-order valence-electron chi connectivity index (χ1n) is 9.37. The molecule has 27 heavy (non-hydrogen) atoms. The molecule has 7 heteroatoms. The second kappa shape index (κ2) is 9.97. The van der Waals surface area contributed by atoms with Gasteiger partial charge in [-0.15, -0.1) is 0 Å². The minimum atomic E-state index is -0.656. The zero-order valence-electron chi connectivity index (χ0n) is 16.4. The highest BCUT2D eigenvalue weighted by molar-refractivity contribution is 5.95. The maximum Gasteiger partial charge on any atom is 0.287 e. The number of carbonyl (C=O) groups is 2. The van der Waals surface area contributed by atoms with Gasteiger partial charge in [-0.3, -0.25) is 14.5 Å². The van der Waals surface area contributed by atoms with Gasteiger partial charge < -0.3 is 19.5 Å². The summed E-state index contributed by atoms with van der Waals surface area (Å²) in [7, 11) is 0. The lowest BCUT2D eigenvalue weighted by atomic mass is 10.0. The molecule has 0 saturated heterocycles. The molecule has 0 aliphatic heterocycles.